The summed E-state index contributed by atoms with van der Waals surface area (Å²) in [5, 5.41) is -0.444. The molecule has 0 aromatic heterocycles. The first-order valence-corrected chi connectivity index (χ1v) is 5.37. The molecule has 1 unspecified atom stereocenters. The van der Waals surface area contributed by atoms with Crippen LogP contribution in [0, 0.1) is 5.41 Å². The van der Waals surface area contributed by atoms with Gasteiger partial charge in [0.15, 0.2) is 0 Å². The van der Waals surface area contributed by atoms with E-state index in [1.165, 1.54) is 0 Å². The number of amides is 1. The molecule has 0 aromatic rings. The van der Waals surface area contributed by atoms with E-state index in [1.54, 1.807) is 4.90 Å². The topological polar surface area (TPSA) is 29.5 Å². The highest BCUT2D eigenvalue weighted by molar-refractivity contribution is 6.31. The van der Waals surface area contributed by atoms with Crippen molar-refractivity contribution in [3.63, 3.8) is 0 Å². The van der Waals surface area contributed by atoms with Gasteiger partial charge in [0, 0.05) is 13.1 Å². The van der Waals surface area contributed by atoms with Gasteiger partial charge in [0.05, 0.1) is 13.2 Å². The highest BCUT2D eigenvalue weighted by atomic mass is 35.5. The van der Waals surface area contributed by atoms with E-state index < -0.39 is 5.38 Å². The summed E-state index contributed by atoms with van der Waals surface area (Å²) in [5.41, 5.74) is -0.184. The molecule has 14 heavy (non-hydrogen) atoms. The van der Waals surface area contributed by atoms with Crippen LogP contribution in [0.3, 0.4) is 0 Å². The number of nitrogens with zero attached hydrogens (tertiary/aromatic N) is 1. The second-order valence-electron chi connectivity index (χ2n) is 4.67. The van der Waals surface area contributed by atoms with Crippen LogP contribution in [0.25, 0.3) is 0 Å². The Labute approximate surface area is 90.4 Å². The summed E-state index contributed by atoms with van der Waals surface area (Å²) in [6, 6.07) is 0. The molecular formula is C10H18ClNO2. The fourth-order valence-corrected chi connectivity index (χ4v) is 1.45. The van der Waals surface area contributed by atoms with Crippen LogP contribution in [0.15, 0.2) is 0 Å². The van der Waals surface area contributed by atoms with Gasteiger partial charge in [-0.15, -0.1) is 11.6 Å². The summed E-state index contributed by atoms with van der Waals surface area (Å²) in [7, 11) is 0. The molecule has 0 aliphatic carbocycles. The molecule has 0 aromatic carbocycles. The number of hydrogen-bond donors (Lipinski definition) is 0. The number of morpholine rings is 1. The molecule has 1 saturated heterocycles. The molecule has 1 aliphatic heterocycles. The molecule has 1 atom stereocenters. The number of halogens is 1. The Balaban J connectivity index is 2.55. The highest BCUT2D eigenvalue weighted by Gasteiger charge is 2.32. The van der Waals surface area contributed by atoms with Crippen LogP contribution in [0.1, 0.15) is 20.8 Å². The SMILES string of the molecule is CC(C)(C)C(Cl)C(=O)N1CCOCC1. The van der Waals surface area contributed by atoms with E-state index in [0.717, 1.165) is 0 Å². The maximum atomic E-state index is 11.9. The van der Waals surface area contributed by atoms with Crippen LogP contribution in [0.2, 0.25) is 0 Å². The van der Waals surface area contributed by atoms with Crippen molar-refractivity contribution >= 4 is 17.5 Å². The average Bonchev–Trinajstić information content (AvgIpc) is 2.15. The van der Waals surface area contributed by atoms with Gasteiger partial charge in [0.1, 0.15) is 5.38 Å². The van der Waals surface area contributed by atoms with Gasteiger partial charge in [-0.3, -0.25) is 4.79 Å². The number of rotatable bonds is 1. The van der Waals surface area contributed by atoms with Crippen molar-refractivity contribution in [3.05, 3.63) is 0 Å². The first kappa shape index (κ1) is 11.8. The molecule has 1 heterocycles. The molecule has 4 heteroatoms. The minimum absolute atomic E-state index is 0.0301. The van der Waals surface area contributed by atoms with E-state index in [9.17, 15) is 4.79 Å². The van der Waals surface area contributed by atoms with Crippen molar-refractivity contribution in [2.24, 2.45) is 5.41 Å². The second-order valence-corrected chi connectivity index (χ2v) is 5.10. The quantitative estimate of drug-likeness (QED) is 0.626. The first-order valence-electron chi connectivity index (χ1n) is 4.93. The van der Waals surface area contributed by atoms with Crippen molar-refractivity contribution in [3.8, 4) is 0 Å². The summed E-state index contributed by atoms with van der Waals surface area (Å²) in [5.74, 6) is 0.0301. The van der Waals surface area contributed by atoms with E-state index >= 15 is 0 Å². The Morgan fingerprint density at radius 1 is 1.36 bits per heavy atom. The predicted molar refractivity (Wildman–Crippen MR) is 56.5 cm³/mol. The van der Waals surface area contributed by atoms with Crippen molar-refractivity contribution < 1.29 is 9.53 Å². The Bertz CT molecular complexity index is 207. The lowest BCUT2D eigenvalue weighted by atomic mass is 9.91. The third-order valence-corrected chi connectivity index (χ3v) is 3.14. The third-order valence-electron chi connectivity index (χ3n) is 2.30. The number of carbonyl (C=O) groups is 1. The molecule has 0 radical (unpaired) electrons. The molecule has 0 spiro atoms. The minimum atomic E-state index is -0.444. The maximum Gasteiger partial charge on any atom is 0.241 e. The number of ether oxygens (including phenoxy) is 1. The third kappa shape index (κ3) is 2.85. The predicted octanol–water partition coefficient (Wildman–Crippen LogP) is 1.50. The summed E-state index contributed by atoms with van der Waals surface area (Å²) in [6.07, 6.45) is 0. The average molecular weight is 220 g/mol. The lowest BCUT2D eigenvalue weighted by Crippen LogP contribution is -2.47. The molecule has 1 amide bonds. The first-order chi connectivity index (χ1) is 6.43. The molecule has 1 fully saturated rings. The Kier molecular flexibility index (Phi) is 3.78. The standard InChI is InChI=1S/C10H18ClNO2/c1-10(2,3)8(11)9(13)12-4-6-14-7-5-12/h8H,4-7H2,1-3H3. The van der Waals surface area contributed by atoms with Gasteiger partial charge in [-0.1, -0.05) is 20.8 Å². The number of carbonyl (C=O) groups excluding carboxylic acids is 1. The molecule has 0 bridgehead atoms. The summed E-state index contributed by atoms with van der Waals surface area (Å²) < 4.78 is 5.18. The molecule has 0 saturated carbocycles. The smallest absolute Gasteiger partial charge is 0.241 e. The van der Waals surface area contributed by atoms with E-state index in [4.69, 9.17) is 16.3 Å². The highest BCUT2D eigenvalue weighted by Crippen LogP contribution is 2.26. The van der Waals surface area contributed by atoms with Crippen molar-refractivity contribution in [2.45, 2.75) is 26.1 Å². The number of alkyl halides is 1. The normalized spacial score (nSPS) is 20.7. The van der Waals surface area contributed by atoms with Crippen LogP contribution in [0.4, 0.5) is 0 Å². The van der Waals surface area contributed by atoms with Gasteiger partial charge in [-0.05, 0) is 5.41 Å². The van der Waals surface area contributed by atoms with E-state index in [2.05, 4.69) is 0 Å². The second kappa shape index (κ2) is 4.49. The van der Waals surface area contributed by atoms with E-state index in [1.807, 2.05) is 20.8 Å². The lowest BCUT2D eigenvalue weighted by Gasteiger charge is -2.32. The zero-order valence-electron chi connectivity index (χ0n) is 9.05. The van der Waals surface area contributed by atoms with Crippen molar-refractivity contribution in [1.29, 1.82) is 0 Å². The largest absolute Gasteiger partial charge is 0.378 e. The Morgan fingerprint density at radius 3 is 2.29 bits per heavy atom. The molecule has 1 rings (SSSR count). The molecule has 3 nitrogen and oxygen atoms in total. The van der Waals surface area contributed by atoms with E-state index in [-0.39, 0.29) is 11.3 Å². The van der Waals surface area contributed by atoms with Gasteiger partial charge < -0.3 is 9.64 Å². The zero-order valence-corrected chi connectivity index (χ0v) is 9.80. The Hall–Kier alpha value is -0.280. The number of hydrogen-bond acceptors (Lipinski definition) is 2. The van der Waals surface area contributed by atoms with Gasteiger partial charge >= 0.3 is 0 Å². The van der Waals surface area contributed by atoms with Crippen LogP contribution in [-0.4, -0.2) is 42.5 Å². The van der Waals surface area contributed by atoms with Crippen LogP contribution >= 0.6 is 11.6 Å². The zero-order chi connectivity index (χ0) is 10.8. The van der Waals surface area contributed by atoms with Crippen molar-refractivity contribution in [1.82, 2.24) is 4.90 Å². The monoisotopic (exact) mass is 219 g/mol. The molecule has 0 N–H and O–H groups in total. The summed E-state index contributed by atoms with van der Waals surface area (Å²) >= 11 is 6.11. The molecular weight excluding hydrogens is 202 g/mol. The fraction of sp³-hybridized carbons (Fsp3) is 0.900. The van der Waals surface area contributed by atoms with Crippen LogP contribution in [0.5, 0.6) is 0 Å². The maximum absolute atomic E-state index is 11.9. The summed E-state index contributed by atoms with van der Waals surface area (Å²) in [6.45, 7) is 8.50. The van der Waals surface area contributed by atoms with Crippen molar-refractivity contribution in [2.75, 3.05) is 26.3 Å². The van der Waals surface area contributed by atoms with E-state index in [0.29, 0.717) is 26.3 Å². The molecule has 82 valence electrons. The van der Waals surface area contributed by atoms with Crippen LogP contribution < -0.4 is 0 Å². The van der Waals surface area contributed by atoms with Gasteiger partial charge in [-0.25, -0.2) is 0 Å². The lowest BCUT2D eigenvalue weighted by molar-refractivity contribution is -0.136. The van der Waals surface area contributed by atoms with Crippen LogP contribution in [-0.2, 0) is 9.53 Å². The van der Waals surface area contributed by atoms with Gasteiger partial charge in [-0.2, -0.15) is 0 Å². The fourth-order valence-electron chi connectivity index (χ4n) is 1.31. The minimum Gasteiger partial charge on any atom is -0.378 e. The Morgan fingerprint density at radius 2 is 1.86 bits per heavy atom. The summed E-state index contributed by atoms with van der Waals surface area (Å²) in [4.78, 5) is 13.7. The van der Waals surface area contributed by atoms with Gasteiger partial charge in [0.2, 0.25) is 5.91 Å². The molecule has 1 aliphatic rings. The van der Waals surface area contributed by atoms with Gasteiger partial charge in [0.25, 0.3) is 0 Å².